The summed E-state index contributed by atoms with van der Waals surface area (Å²) in [5.74, 6) is 0. The maximum Gasteiger partial charge on any atom is 0.291 e. The van der Waals surface area contributed by atoms with Gasteiger partial charge in [-0.25, -0.2) is 0 Å². The maximum absolute atomic E-state index is 12.8. The number of nitrogens with two attached hydrogens (primary N) is 1. The molecule has 0 saturated carbocycles. The molecule has 1 rings (SSSR count). The van der Waals surface area contributed by atoms with Gasteiger partial charge in [0.25, 0.3) is 11.3 Å². The zero-order valence-electron chi connectivity index (χ0n) is 10.7. The second-order valence-corrected chi connectivity index (χ2v) is 4.90. The molecule has 0 aromatic carbocycles. The Morgan fingerprint density at radius 2 is 1.00 bits per heavy atom. The molecule has 0 atom stereocenters. The predicted molar refractivity (Wildman–Crippen MR) is 50.0 cm³/mol. The van der Waals surface area contributed by atoms with Crippen LogP contribution in [0.15, 0.2) is 0 Å². The van der Waals surface area contributed by atoms with E-state index in [4.69, 9.17) is 0 Å². The summed E-state index contributed by atoms with van der Waals surface area (Å²) in [5.41, 5.74) is -6.10. The van der Waals surface area contributed by atoms with Crippen LogP contribution in [-0.4, -0.2) is 65.9 Å². The maximum atomic E-state index is 12.8. The van der Waals surface area contributed by atoms with Crippen molar-refractivity contribution in [2.75, 3.05) is 33.2 Å². The molecule has 0 aromatic rings. The quantitative estimate of drug-likeness (QED) is 0.383. The van der Waals surface area contributed by atoms with Crippen molar-refractivity contribution >= 4 is 0 Å². The van der Waals surface area contributed by atoms with E-state index in [2.05, 4.69) is 0 Å². The lowest BCUT2D eigenvalue weighted by Gasteiger charge is -2.39. The van der Waals surface area contributed by atoms with Crippen molar-refractivity contribution < 1.29 is 46.1 Å². The molecule has 126 valence electrons. The molecule has 1 aliphatic rings. The second-order valence-electron chi connectivity index (χ2n) is 4.90. The first-order chi connectivity index (χ1) is 9.58. The molecule has 0 radical (unpaired) electrons. The molecule has 1 heterocycles. The van der Waals surface area contributed by atoms with Gasteiger partial charge in [0.1, 0.15) is 26.2 Å². The molecule has 0 aliphatic carbocycles. The van der Waals surface area contributed by atoms with Gasteiger partial charge in [-0.3, -0.25) is 0 Å². The largest absolute Gasteiger partial charge is 0.340 e. The first-order valence-corrected chi connectivity index (χ1v) is 5.68. The van der Waals surface area contributed by atoms with Crippen molar-refractivity contribution in [3.8, 4) is 0 Å². The minimum atomic E-state index is -3.05. The van der Waals surface area contributed by atoms with E-state index in [0.717, 1.165) is 7.05 Å². The lowest BCUT2D eigenvalue weighted by atomic mass is 10.1. The summed E-state index contributed by atoms with van der Waals surface area (Å²) in [5, 5.41) is -6.41. The van der Waals surface area contributed by atoms with Crippen molar-refractivity contribution in [3.05, 3.63) is 0 Å². The fraction of sp³-hybridized carbons (Fsp3) is 1.00. The zero-order valence-corrected chi connectivity index (χ0v) is 10.7. The molecule has 14 heteroatoms. The molecule has 0 unspecified atom stereocenters. The smallest absolute Gasteiger partial charge is 0.291 e. The number of nitrogens with zero attached hydrogens (tertiary/aromatic N) is 4. The second kappa shape index (κ2) is 6.53. The summed E-state index contributed by atoms with van der Waals surface area (Å²) in [6, 6.07) is 0. The van der Waals surface area contributed by atoms with E-state index in [-0.39, 0.29) is 4.90 Å². The average molecular weight is 334 g/mol. The number of hydrogen-bond acceptors (Lipinski definition) is 4. The Hall–Kier alpha value is -0.800. The molecule has 1 saturated heterocycles. The minimum absolute atomic E-state index is 0.343. The summed E-state index contributed by atoms with van der Waals surface area (Å²) >= 11 is 0. The highest BCUT2D eigenvalue weighted by Crippen LogP contribution is 2.24. The third-order valence-corrected chi connectivity index (χ3v) is 3.37. The lowest BCUT2D eigenvalue weighted by Crippen LogP contribution is -3.18. The monoisotopic (exact) mass is 334 g/mol. The van der Waals surface area contributed by atoms with Gasteiger partial charge in [0.2, 0.25) is 0 Å². The van der Waals surface area contributed by atoms with Crippen LogP contribution in [0.2, 0.25) is 0 Å². The normalized spacial score (nSPS) is 23.9. The first kappa shape index (κ1) is 18.2. The molecule has 3 N–H and O–H groups in total. The highest BCUT2D eigenvalue weighted by molar-refractivity contribution is 4.81. The molecule has 1 fully saturated rings. The van der Waals surface area contributed by atoms with Crippen LogP contribution in [0.3, 0.4) is 0 Å². The van der Waals surface area contributed by atoms with Crippen LogP contribution in [0.1, 0.15) is 0 Å². The summed E-state index contributed by atoms with van der Waals surface area (Å²) in [7, 11) is 0.995. The number of nitrogens with one attached hydrogen (secondary N) is 1. The Balaban J connectivity index is 3.05. The van der Waals surface area contributed by atoms with Crippen molar-refractivity contribution in [1.29, 1.82) is 0 Å². The molecule has 1 aliphatic heterocycles. The van der Waals surface area contributed by atoms with Gasteiger partial charge in [0.15, 0.2) is 0 Å². The van der Waals surface area contributed by atoms with Crippen LogP contribution in [0.25, 0.3) is 0 Å². The molecule has 6 nitrogen and oxygen atoms in total. The molecule has 0 aromatic heterocycles. The summed E-state index contributed by atoms with van der Waals surface area (Å²) in [6.07, 6.45) is 0. The number of hydrogen-bond donors (Lipinski definition) is 2. The van der Waals surface area contributed by atoms with Crippen LogP contribution in [0, 0.1) is 0 Å². The lowest BCUT2D eigenvalue weighted by molar-refractivity contribution is -0.913. The molecule has 0 spiro atoms. The van der Waals surface area contributed by atoms with Crippen LogP contribution >= 0.6 is 0 Å². The van der Waals surface area contributed by atoms with Crippen LogP contribution in [0.4, 0.5) is 35.9 Å². The van der Waals surface area contributed by atoms with Crippen molar-refractivity contribution in [3.63, 3.8) is 0 Å². The van der Waals surface area contributed by atoms with E-state index in [0.29, 0.717) is 5.32 Å². The Morgan fingerprint density at radius 1 is 0.714 bits per heavy atom. The molecule has 0 amide bonds. The van der Waals surface area contributed by atoms with E-state index in [1.54, 1.807) is 0 Å². The zero-order chi connectivity index (χ0) is 16.4. The third-order valence-electron chi connectivity index (χ3n) is 3.37. The molecular formula is C7H14F8N6+2. The van der Waals surface area contributed by atoms with E-state index < -0.39 is 58.9 Å². The highest BCUT2D eigenvalue weighted by atomic mass is 19.4. The van der Waals surface area contributed by atoms with Gasteiger partial charge in [0, 0.05) is 0 Å². The van der Waals surface area contributed by atoms with Gasteiger partial charge in [-0.1, -0.05) is 35.9 Å². The number of quaternary nitrogens is 2. The van der Waals surface area contributed by atoms with Gasteiger partial charge in [-0.15, -0.1) is 0 Å². The fourth-order valence-electron chi connectivity index (χ4n) is 2.34. The third kappa shape index (κ3) is 3.35. The fourth-order valence-corrected chi connectivity index (χ4v) is 2.34. The standard InChI is InChI=1S/C7H12F8N6/c1-17-4-6(18(8)9,19(10)11)2-16-3-7(5-17,20(12)13)21(14)15/h16H,2-5H2,1H3/p+2. The molecular weight excluding hydrogens is 320 g/mol. The van der Waals surface area contributed by atoms with Gasteiger partial charge >= 0.3 is 0 Å². The summed E-state index contributed by atoms with van der Waals surface area (Å²) in [4.78, 5) is -0.343. The van der Waals surface area contributed by atoms with E-state index >= 15 is 0 Å². The number of likely N-dealkylation sites (N-methyl/N-ethyl adjacent to an activating group) is 1. The number of halogens is 8. The van der Waals surface area contributed by atoms with Gasteiger partial charge in [-0.2, -0.15) is 0 Å². The first-order valence-electron chi connectivity index (χ1n) is 5.68. The average Bonchev–Trinajstić information content (AvgIpc) is 2.31. The van der Waals surface area contributed by atoms with E-state index in [9.17, 15) is 35.9 Å². The Labute approximate surface area is 113 Å². The van der Waals surface area contributed by atoms with Gasteiger partial charge in [-0.05, 0) is 0 Å². The van der Waals surface area contributed by atoms with Gasteiger partial charge < -0.3 is 10.2 Å². The summed E-state index contributed by atoms with van der Waals surface area (Å²) in [6.45, 7) is -4.25. The summed E-state index contributed by atoms with van der Waals surface area (Å²) < 4.78 is 102. The van der Waals surface area contributed by atoms with Crippen molar-refractivity contribution in [2.24, 2.45) is 0 Å². The topological polar surface area (TPSA) is 34.0 Å². The van der Waals surface area contributed by atoms with Crippen LogP contribution in [-0.2, 0) is 0 Å². The Bertz CT molecular complexity index is 295. The van der Waals surface area contributed by atoms with Crippen molar-refractivity contribution in [2.45, 2.75) is 11.3 Å². The molecule has 0 bridgehead atoms. The van der Waals surface area contributed by atoms with E-state index in [1.807, 2.05) is 0 Å². The predicted octanol–water partition coefficient (Wildman–Crippen LogP) is -1.25. The number of rotatable bonds is 4. The van der Waals surface area contributed by atoms with Crippen molar-refractivity contribution in [1.82, 2.24) is 21.4 Å². The van der Waals surface area contributed by atoms with E-state index in [1.165, 1.54) is 0 Å². The Kier molecular flexibility index (Phi) is 5.68. The van der Waals surface area contributed by atoms with Gasteiger partial charge in [0.05, 0.1) is 28.4 Å². The Morgan fingerprint density at radius 3 is 1.24 bits per heavy atom. The van der Waals surface area contributed by atoms with Crippen LogP contribution in [0.5, 0.6) is 0 Å². The van der Waals surface area contributed by atoms with Crippen LogP contribution < -0.4 is 10.2 Å². The highest BCUT2D eigenvalue weighted by Gasteiger charge is 2.59. The minimum Gasteiger partial charge on any atom is -0.340 e. The SMILES string of the molecule is C[NH+]1CC(N(F)F)(N(F)F)C[NH2+]CC(N(F)F)(N(F)F)C1. The molecule has 21 heavy (non-hydrogen) atoms.